The Bertz CT molecular complexity index is 1110. The summed E-state index contributed by atoms with van der Waals surface area (Å²) in [5.74, 6) is -0.275. The van der Waals surface area contributed by atoms with Crippen LogP contribution >= 0.6 is 0 Å². The van der Waals surface area contributed by atoms with Crippen LogP contribution in [0.15, 0.2) is 51.9 Å². The number of H-pyrrole nitrogens is 1. The van der Waals surface area contributed by atoms with Crippen molar-refractivity contribution in [2.75, 3.05) is 0 Å². The summed E-state index contributed by atoms with van der Waals surface area (Å²) in [6.45, 7) is 1.85. The number of benzene rings is 2. The lowest BCUT2D eigenvalue weighted by Crippen LogP contribution is -2.15. The second kappa shape index (κ2) is 5.94. The van der Waals surface area contributed by atoms with Crippen LogP contribution in [-0.2, 0) is 6.42 Å². The highest BCUT2D eigenvalue weighted by atomic mass is 19.1. The van der Waals surface area contributed by atoms with Gasteiger partial charge < -0.3 is 0 Å². The van der Waals surface area contributed by atoms with Gasteiger partial charge in [0.15, 0.2) is 0 Å². The molecule has 0 bridgehead atoms. The van der Waals surface area contributed by atoms with E-state index < -0.39 is 0 Å². The second-order valence-corrected chi connectivity index (χ2v) is 5.84. The van der Waals surface area contributed by atoms with Gasteiger partial charge in [0.2, 0.25) is 11.3 Å². The Labute approximate surface area is 141 Å². The molecule has 2 heterocycles. The highest BCUT2D eigenvalue weighted by Crippen LogP contribution is 2.23. The summed E-state index contributed by atoms with van der Waals surface area (Å²) in [7, 11) is 0. The number of hydrogen-bond donors (Lipinski definition) is 1. The highest BCUT2D eigenvalue weighted by Gasteiger charge is 2.10. The molecule has 0 aliphatic heterocycles. The fourth-order valence-corrected chi connectivity index (χ4v) is 2.77. The van der Waals surface area contributed by atoms with Crippen molar-refractivity contribution in [1.29, 1.82) is 0 Å². The summed E-state index contributed by atoms with van der Waals surface area (Å²) >= 11 is 0. The van der Waals surface area contributed by atoms with Gasteiger partial charge in [-0.25, -0.2) is 14.0 Å². The maximum Gasteiger partial charge on any atom is 0.271 e. The van der Waals surface area contributed by atoms with Gasteiger partial charge in [-0.1, -0.05) is 30.3 Å². The molecule has 0 radical (unpaired) electrons. The van der Waals surface area contributed by atoms with E-state index in [4.69, 9.17) is 0 Å². The highest BCUT2D eigenvalue weighted by molar-refractivity contribution is 5.65. The first-order valence-corrected chi connectivity index (χ1v) is 7.66. The zero-order valence-electron chi connectivity index (χ0n) is 13.3. The lowest BCUT2D eigenvalue weighted by Gasteiger charge is -2.07. The van der Waals surface area contributed by atoms with Gasteiger partial charge in [-0.3, -0.25) is 9.78 Å². The number of aromatic amines is 1. The molecule has 6 nitrogen and oxygen atoms in total. The fraction of sp³-hybridized carbons (Fsp3) is 0.111. The van der Waals surface area contributed by atoms with Crippen LogP contribution in [0.4, 0.5) is 4.39 Å². The molecular weight excluding hydrogens is 323 g/mol. The van der Waals surface area contributed by atoms with Gasteiger partial charge in [0.05, 0.1) is 0 Å². The molecule has 0 amide bonds. The van der Waals surface area contributed by atoms with Crippen molar-refractivity contribution in [1.82, 2.24) is 20.3 Å². The summed E-state index contributed by atoms with van der Waals surface area (Å²) in [6, 6.07) is 12.5. The number of nitrogens with one attached hydrogen (secondary N) is 1. The van der Waals surface area contributed by atoms with Crippen molar-refractivity contribution in [2.45, 2.75) is 13.3 Å². The summed E-state index contributed by atoms with van der Waals surface area (Å²) < 4.78 is 18.2. The van der Waals surface area contributed by atoms with Crippen LogP contribution in [0.25, 0.3) is 22.4 Å². The minimum atomic E-state index is -0.338. The average molecular weight is 336 g/mol. The Morgan fingerprint density at radius 1 is 1.12 bits per heavy atom. The van der Waals surface area contributed by atoms with Gasteiger partial charge >= 0.3 is 0 Å². The van der Waals surface area contributed by atoms with Gasteiger partial charge in [-0.05, 0) is 51.6 Å². The first-order valence-electron chi connectivity index (χ1n) is 7.66. The van der Waals surface area contributed by atoms with Gasteiger partial charge in [0.25, 0.3) is 5.56 Å². The van der Waals surface area contributed by atoms with E-state index in [2.05, 4.69) is 24.9 Å². The number of nitrogens with zero attached hydrogens (tertiary/aromatic N) is 3. The van der Waals surface area contributed by atoms with Crippen LogP contribution < -0.4 is 5.56 Å². The largest absolute Gasteiger partial charge is 0.299 e. The van der Waals surface area contributed by atoms with Gasteiger partial charge in [0.1, 0.15) is 11.5 Å². The number of rotatable bonds is 3. The Morgan fingerprint density at radius 3 is 2.84 bits per heavy atom. The van der Waals surface area contributed by atoms with Crippen LogP contribution in [0.3, 0.4) is 0 Å². The van der Waals surface area contributed by atoms with Crippen molar-refractivity contribution in [3.05, 3.63) is 75.5 Å². The summed E-state index contributed by atoms with van der Waals surface area (Å²) in [5.41, 5.74) is 3.85. The van der Waals surface area contributed by atoms with E-state index in [9.17, 15) is 9.18 Å². The number of fused-ring (bicyclic) bond motifs is 1. The topological polar surface area (TPSA) is 84.7 Å². The Balaban J connectivity index is 1.71. The molecule has 7 heteroatoms. The average Bonchev–Trinajstić information content (AvgIpc) is 3.01. The molecule has 0 saturated heterocycles. The first-order chi connectivity index (χ1) is 12.1. The van der Waals surface area contributed by atoms with Crippen molar-refractivity contribution in [3.63, 3.8) is 0 Å². The molecule has 2 aromatic carbocycles. The van der Waals surface area contributed by atoms with Crippen LogP contribution in [0.2, 0.25) is 0 Å². The zero-order chi connectivity index (χ0) is 17.4. The van der Waals surface area contributed by atoms with Gasteiger partial charge in [-0.2, -0.15) is 0 Å². The van der Waals surface area contributed by atoms with Crippen molar-refractivity contribution in [2.24, 2.45) is 0 Å². The van der Waals surface area contributed by atoms with Gasteiger partial charge in [0, 0.05) is 6.42 Å². The summed E-state index contributed by atoms with van der Waals surface area (Å²) in [6.07, 6.45) is 0.320. The number of aromatic nitrogens is 4. The van der Waals surface area contributed by atoms with E-state index in [1.807, 2.05) is 37.3 Å². The monoisotopic (exact) mass is 336 g/mol. The third kappa shape index (κ3) is 3.03. The minimum absolute atomic E-state index is 0.220. The molecule has 0 aliphatic carbocycles. The van der Waals surface area contributed by atoms with Crippen molar-refractivity contribution >= 4 is 11.3 Å². The Morgan fingerprint density at radius 2 is 2.00 bits per heavy atom. The molecule has 4 aromatic rings. The maximum absolute atomic E-state index is 13.7. The predicted octanol–water partition coefficient (Wildman–Crippen LogP) is 3.01. The lowest BCUT2D eigenvalue weighted by molar-refractivity contribution is 0.314. The molecule has 1 N–H and O–H groups in total. The van der Waals surface area contributed by atoms with E-state index >= 15 is 0 Å². The molecule has 0 spiro atoms. The standard InChI is InChI=1S/C18H13FN4O2/c1-10-5-13(9-14(19)6-10)12-4-2-3-11(7-12)8-15-18(24)21-17-16(20-15)22-25-23-17/h2-7,9H,8H2,1H3,(H,21,23,24). The number of halogens is 1. The Hall–Kier alpha value is -3.35. The minimum Gasteiger partial charge on any atom is -0.299 e. The van der Waals surface area contributed by atoms with Crippen LogP contribution in [-0.4, -0.2) is 20.3 Å². The van der Waals surface area contributed by atoms with E-state index in [-0.39, 0.29) is 22.7 Å². The number of aryl methyl sites for hydroxylation is 1. The molecule has 2 aromatic heterocycles. The smallest absolute Gasteiger partial charge is 0.271 e. The fourth-order valence-electron chi connectivity index (χ4n) is 2.77. The van der Waals surface area contributed by atoms with Crippen LogP contribution in [0.5, 0.6) is 0 Å². The normalized spacial score (nSPS) is 11.1. The zero-order valence-corrected chi connectivity index (χ0v) is 13.3. The molecule has 0 atom stereocenters. The van der Waals surface area contributed by atoms with E-state index in [0.29, 0.717) is 12.1 Å². The SMILES string of the molecule is Cc1cc(F)cc(-c2cccc(Cc3nc4nonc4[nH]c3=O)c2)c1. The molecule has 124 valence electrons. The van der Waals surface area contributed by atoms with Crippen LogP contribution in [0, 0.1) is 12.7 Å². The van der Waals surface area contributed by atoms with Crippen LogP contribution in [0.1, 0.15) is 16.8 Å². The van der Waals surface area contributed by atoms with E-state index in [1.165, 1.54) is 12.1 Å². The summed E-state index contributed by atoms with van der Waals surface area (Å²) in [4.78, 5) is 18.9. The third-order valence-electron chi connectivity index (χ3n) is 3.88. The molecular formula is C18H13FN4O2. The molecule has 0 fully saturated rings. The quantitative estimate of drug-likeness (QED) is 0.622. The Kier molecular flexibility index (Phi) is 3.61. The molecule has 25 heavy (non-hydrogen) atoms. The van der Waals surface area contributed by atoms with Gasteiger partial charge in [-0.15, -0.1) is 0 Å². The maximum atomic E-state index is 13.7. The van der Waals surface area contributed by atoms with Crippen molar-refractivity contribution < 1.29 is 9.02 Å². The predicted molar refractivity (Wildman–Crippen MR) is 89.6 cm³/mol. The molecule has 0 saturated carbocycles. The molecule has 4 rings (SSSR count). The lowest BCUT2D eigenvalue weighted by atomic mass is 9.99. The number of hydrogen-bond acceptors (Lipinski definition) is 5. The second-order valence-electron chi connectivity index (χ2n) is 5.84. The summed E-state index contributed by atoms with van der Waals surface area (Å²) in [5, 5.41) is 7.20. The molecule has 0 unspecified atom stereocenters. The van der Waals surface area contributed by atoms with Crippen molar-refractivity contribution in [3.8, 4) is 11.1 Å². The van der Waals surface area contributed by atoms with E-state index in [1.54, 1.807) is 0 Å². The first kappa shape index (κ1) is 15.2. The molecule has 0 aliphatic rings. The van der Waals surface area contributed by atoms with E-state index in [0.717, 1.165) is 22.3 Å². The third-order valence-corrected chi connectivity index (χ3v) is 3.88.